The molecule has 3 aromatic heterocycles. The number of halogens is 1. The van der Waals surface area contributed by atoms with Crippen molar-refractivity contribution < 1.29 is 0 Å². The van der Waals surface area contributed by atoms with Crippen molar-refractivity contribution in [2.75, 3.05) is 48.3 Å². The van der Waals surface area contributed by atoms with E-state index >= 15 is 0 Å². The molecule has 1 aliphatic heterocycles. The molecule has 0 aliphatic carbocycles. The van der Waals surface area contributed by atoms with Gasteiger partial charge in [0.1, 0.15) is 11.5 Å². The smallest absolute Gasteiger partial charge is 0.229 e. The number of aryl methyl sites for hydroxylation is 1. The lowest BCUT2D eigenvalue weighted by Gasteiger charge is -2.36. The zero-order valence-corrected chi connectivity index (χ0v) is 21.9. The Balaban J connectivity index is 1.29. The second kappa shape index (κ2) is 11.5. The van der Waals surface area contributed by atoms with Crippen LogP contribution in [-0.2, 0) is 0 Å². The molecule has 0 bridgehead atoms. The van der Waals surface area contributed by atoms with Gasteiger partial charge in [-0.15, -0.1) is 0 Å². The molecular formula is C28H31ClN8. The van der Waals surface area contributed by atoms with E-state index in [-0.39, 0.29) is 0 Å². The Labute approximate surface area is 222 Å². The molecule has 0 radical (unpaired) electrons. The molecule has 0 atom stereocenters. The van der Waals surface area contributed by atoms with Crippen molar-refractivity contribution in [1.82, 2.24) is 24.8 Å². The molecule has 4 aromatic rings. The highest BCUT2D eigenvalue weighted by Crippen LogP contribution is 2.31. The lowest BCUT2D eigenvalue weighted by molar-refractivity contribution is 0.258. The summed E-state index contributed by atoms with van der Waals surface area (Å²) in [7, 11) is 0. The largest absolute Gasteiger partial charge is 0.368 e. The van der Waals surface area contributed by atoms with Crippen LogP contribution in [0.5, 0.6) is 0 Å². The predicted octanol–water partition coefficient (Wildman–Crippen LogP) is 5.91. The van der Waals surface area contributed by atoms with Crippen molar-refractivity contribution in [1.29, 1.82) is 0 Å². The number of hydrogen-bond acceptors (Lipinski definition) is 8. The maximum Gasteiger partial charge on any atom is 0.229 e. The summed E-state index contributed by atoms with van der Waals surface area (Å²) in [6.07, 6.45) is 4.66. The van der Waals surface area contributed by atoms with Gasteiger partial charge in [-0.1, -0.05) is 24.6 Å². The summed E-state index contributed by atoms with van der Waals surface area (Å²) in [5.74, 6) is 1.12. The quantitative estimate of drug-likeness (QED) is 0.300. The topological polar surface area (TPSA) is 82.1 Å². The standard InChI is InChI=1S/C28H31ClN8/c1-3-14-36-15-17-37(18-16-36)25-10-8-21(19-22(25)29)33-28-31-13-11-26(35-28)34-24-9-7-20(2)32-27(24)23-6-4-5-12-30-23/h4-13,19H,3,14-18H2,1-2H3,(H2,31,33,34,35). The summed E-state index contributed by atoms with van der Waals surface area (Å²) >= 11 is 6.69. The van der Waals surface area contributed by atoms with E-state index in [0.717, 1.165) is 66.9 Å². The minimum atomic E-state index is 0.474. The van der Waals surface area contributed by atoms with Crippen LogP contribution in [0.2, 0.25) is 5.02 Å². The Kier molecular flexibility index (Phi) is 7.77. The maximum absolute atomic E-state index is 6.69. The number of pyridine rings is 2. The number of hydrogen-bond donors (Lipinski definition) is 2. The molecule has 0 spiro atoms. The van der Waals surface area contributed by atoms with Crippen molar-refractivity contribution in [2.45, 2.75) is 20.3 Å². The Bertz CT molecular complexity index is 1340. The van der Waals surface area contributed by atoms with E-state index in [1.807, 2.05) is 55.5 Å². The Hall–Kier alpha value is -3.75. The molecule has 1 aliphatic rings. The Morgan fingerprint density at radius 2 is 1.76 bits per heavy atom. The van der Waals surface area contributed by atoms with Crippen molar-refractivity contribution >= 4 is 40.4 Å². The molecule has 2 N–H and O–H groups in total. The van der Waals surface area contributed by atoms with Crippen molar-refractivity contribution in [3.63, 3.8) is 0 Å². The summed E-state index contributed by atoms with van der Waals surface area (Å²) in [6.45, 7) is 9.45. The first-order chi connectivity index (χ1) is 18.1. The zero-order chi connectivity index (χ0) is 25.6. The Morgan fingerprint density at radius 1 is 0.892 bits per heavy atom. The lowest BCUT2D eigenvalue weighted by Crippen LogP contribution is -2.46. The normalized spacial score (nSPS) is 14.0. The third-order valence-corrected chi connectivity index (χ3v) is 6.62. The summed E-state index contributed by atoms with van der Waals surface area (Å²) in [4.78, 5) is 23.1. The van der Waals surface area contributed by atoms with Crippen LogP contribution in [0.3, 0.4) is 0 Å². The van der Waals surface area contributed by atoms with Gasteiger partial charge < -0.3 is 15.5 Å². The van der Waals surface area contributed by atoms with Crippen LogP contribution in [0.15, 0.2) is 67.0 Å². The first kappa shape index (κ1) is 24.9. The van der Waals surface area contributed by atoms with Crippen LogP contribution >= 0.6 is 11.6 Å². The Morgan fingerprint density at radius 3 is 2.51 bits per heavy atom. The SMILES string of the molecule is CCCN1CCN(c2ccc(Nc3nccc(Nc4ccc(C)nc4-c4ccccn4)n3)cc2Cl)CC1. The van der Waals surface area contributed by atoms with E-state index in [9.17, 15) is 0 Å². The van der Waals surface area contributed by atoms with Gasteiger partial charge >= 0.3 is 0 Å². The molecular weight excluding hydrogens is 484 g/mol. The monoisotopic (exact) mass is 514 g/mol. The summed E-state index contributed by atoms with van der Waals surface area (Å²) in [5, 5.41) is 7.37. The predicted molar refractivity (Wildman–Crippen MR) is 151 cm³/mol. The van der Waals surface area contributed by atoms with E-state index in [0.29, 0.717) is 16.8 Å². The minimum Gasteiger partial charge on any atom is -0.368 e. The molecule has 0 amide bonds. The number of nitrogens with one attached hydrogen (secondary N) is 2. The van der Waals surface area contributed by atoms with Gasteiger partial charge in [0.2, 0.25) is 5.95 Å². The molecule has 0 unspecified atom stereocenters. The molecule has 4 heterocycles. The van der Waals surface area contributed by atoms with Crippen molar-refractivity contribution in [3.05, 3.63) is 77.7 Å². The molecule has 1 saturated heterocycles. The van der Waals surface area contributed by atoms with Gasteiger partial charge in [0.25, 0.3) is 0 Å². The number of piperazine rings is 1. The molecule has 37 heavy (non-hydrogen) atoms. The zero-order valence-electron chi connectivity index (χ0n) is 21.2. The van der Waals surface area contributed by atoms with E-state index in [4.69, 9.17) is 16.6 Å². The van der Waals surface area contributed by atoms with Crippen molar-refractivity contribution in [2.24, 2.45) is 0 Å². The first-order valence-electron chi connectivity index (χ1n) is 12.6. The van der Waals surface area contributed by atoms with Crippen LogP contribution in [-0.4, -0.2) is 57.6 Å². The molecule has 9 heteroatoms. The van der Waals surface area contributed by atoms with Crippen molar-refractivity contribution in [3.8, 4) is 11.4 Å². The van der Waals surface area contributed by atoms with Gasteiger partial charge in [-0.25, -0.2) is 9.97 Å². The van der Waals surface area contributed by atoms with Crippen LogP contribution in [0, 0.1) is 6.92 Å². The fraction of sp³-hybridized carbons (Fsp3) is 0.286. The lowest BCUT2D eigenvalue weighted by atomic mass is 10.2. The van der Waals surface area contributed by atoms with Gasteiger partial charge in [0.05, 0.1) is 22.1 Å². The minimum absolute atomic E-state index is 0.474. The van der Waals surface area contributed by atoms with Gasteiger partial charge in [0, 0.05) is 50.0 Å². The summed E-state index contributed by atoms with van der Waals surface area (Å²) < 4.78 is 0. The number of rotatable bonds is 8. The number of anilines is 5. The van der Waals surface area contributed by atoms with Gasteiger partial charge in [0.15, 0.2) is 0 Å². The average molecular weight is 515 g/mol. The van der Waals surface area contributed by atoms with E-state index in [2.05, 4.69) is 48.4 Å². The van der Waals surface area contributed by atoms with E-state index in [1.54, 1.807) is 12.4 Å². The molecule has 8 nitrogen and oxygen atoms in total. The second-order valence-electron chi connectivity index (χ2n) is 9.07. The van der Waals surface area contributed by atoms with Gasteiger partial charge in [-0.05, 0) is 68.4 Å². The fourth-order valence-electron chi connectivity index (χ4n) is 4.48. The maximum atomic E-state index is 6.69. The highest BCUT2D eigenvalue weighted by atomic mass is 35.5. The highest BCUT2D eigenvalue weighted by molar-refractivity contribution is 6.33. The van der Waals surface area contributed by atoms with Crippen LogP contribution in [0.4, 0.5) is 28.8 Å². The molecule has 5 rings (SSSR count). The van der Waals surface area contributed by atoms with Crippen LogP contribution < -0.4 is 15.5 Å². The summed E-state index contributed by atoms with van der Waals surface area (Å²) in [5.41, 5.74) is 5.20. The van der Waals surface area contributed by atoms with Crippen LogP contribution in [0.1, 0.15) is 19.0 Å². The molecule has 0 saturated carbocycles. The first-order valence-corrected chi connectivity index (χ1v) is 13.0. The number of benzene rings is 1. The van der Waals surface area contributed by atoms with Gasteiger partial charge in [-0.2, -0.15) is 4.98 Å². The molecule has 190 valence electrons. The average Bonchev–Trinajstić information content (AvgIpc) is 2.91. The molecule has 1 fully saturated rings. The fourth-order valence-corrected chi connectivity index (χ4v) is 4.78. The molecule has 1 aromatic carbocycles. The van der Waals surface area contributed by atoms with E-state index < -0.39 is 0 Å². The van der Waals surface area contributed by atoms with Gasteiger partial charge in [-0.3, -0.25) is 9.88 Å². The number of aromatic nitrogens is 4. The summed E-state index contributed by atoms with van der Waals surface area (Å²) in [6, 6.07) is 17.6. The van der Waals surface area contributed by atoms with Crippen LogP contribution in [0.25, 0.3) is 11.4 Å². The third kappa shape index (κ3) is 6.15. The highest BCUT2D eigenvalue weighted by Gasteiger charge is 2.18. The van der Waals surface area contributed by atoms with E-state index in [1.165, 1.54) is 6.42 Å². The number of nitrogens with zero attached hydrogens (tertiary/aromatic N) is 6. The third-order valence-electron chi connectivity index (χ3n) is 6.32. The second-order valence-corrected chi connectivity index (χ2v) is 9.48.